The number of para-hydroxylation sites is 1. The van der Waals surface area contributed by atoms with E-state index in [0.717, 1.165) is 4.47 Å². The number of hydrogen-bond donors (Lipinski definition) is 0. The molecule has 0 atom stereocenters. The summed E-state index contributed by atoms with van der Waals surface area (Å²) in [4.78, 5) is 0. The Bertz CT molecular complexity index is 1870. The van der Waals surface area contributed by atoms with Crippen molar-refractivity contribution in [3.63, 3.8) is 0 Å². The second kappa shape index (κ2) is 8.51. The highest BCUT2D eigenvalue weighted by molar-refractivity contribution is 9.10. The predicted molar refractivity (Wildman–Crippen MR) is 157 cm³/mol. The summed E-state index contributed by atoms with van der Waals surface area (Å²) in [6.45, 7) is 0. The van der Waals surface area contributed by atoms with Crippen molar-refractivity contribution in [1.29, 1.82) is 0 Å². The van der Waals surface area contributed by atoms with Crippen LogP contribution in [0.15, 0.2) is 138 Å². The van der Waals surface area contributed by atoms with Crippen LogP contribution in [0.4, 0.5) is 0 Å². The number of rotatable bonds is 3. The topological polar surface area (TPSA) is 4.93 Å². The Morgan fingerprint density at radius 2 is 1.14 bits per heavy atom. The van der Waals surface area contributed by atoms with Crippen molar-refractivity contribution in [2.45, 2.75) is 0 Å². The average Bonchev–Trinajstić information content (AvgIpc) is 3.27. The van der Waals surface area contributed by atoms with Crippen LogP contribution in [0.3, 0.4) is 0 Å². The van der Waals surface area contributed by atoms with Crippen molar-refractivity contribution in [3.05, 3.63) is 138 Å². The van der Waals surface area contributed by atoms with Crippen LogP contribution in [0.2, 0.25) is 0 Å². The highest BCUT2D eigenvalue weighted by Crippen LogP contribution is 2.38. The van der Waals surface area contributed by atoms with Gasteiger partial charge in [-0.25, -0.2) is 0 Å². The third kappa shape index (κ3) is 3.37. The molecule has 7 rings (SSSR count). The fraction of sp³-hybridized carbons (Fsp3) is 0. The molecule has 0 unspecified atom stereocenters. The van der Waals surface area contributed by atoms with E-state index in [2.05, 4.69) is 154 Å². The Hall–Kier alpha value is -4.14. The van der Waals surface area contributed by atoms with Crippen LogP contribution in [-0.2, 0) is 0 Å². The first-order chi connectivity index (χ1) is 17.8. The molecule has 0 N–H and O–H groups in total. The van der Waals surface area contributed by atoms with Crippen molar-refractivity contribution in [2.24, 2.45) is 0 Å². The summed E-state index contributed by atoms with van der Waals surface area (Å²) in [7, 11) is 0. The third-order valence-electron chi connectivity index (χ3n) is 7.07. The zero-order valence-electron chi connectivity index (χ0n) is 19.5. The number of fused-ring (bicyclic) bond motifs is 4. The molecular weight excluding hydrogens is 502 g/mol. The van der Waals surface area contributed by atoms with Crippen molar-refractivity contribution < 1.29 is 0 Å². The fourth-order valence-electron chi connectivity index (χ4n) is 5.39. The predicted octanol–water partition coefficient (Wildman–Crippen LogP) is 10.0. The van der Waals surface area contributed by atoms with Crippen LogP contribution in [0, 0.1) is 0 Å². The second-order valence-electron chi connectivity index (χ2n) is 9.14. The maximum atomic E-state index is 3.79. The minimum atomic E-state index is 1.12. The van der Waals surface area contributed by atoms with Crippen molar-refractivity contribution in [2.75, 3.05) is 0 Å². The number of halogens is 1. The highest BCUT2D eigenvalue weighted by Gasteiger charge is 2.14. The smallest absolute Gasteiger partial charge is 0.0541 e. The number of hydrogen-bond acceptors (Lipinski definition) is 0. The highest BCUT2D eigenvalue weighted by atomic mass is 79.9. The minimum Gasteiger partial charge on any atom is -0.309 e. The van der Waals surface area contributed by atoms with Crippen LogP contribution in [0.5, 0.6) is 0 Å². The third-order valence-corrected chi connectivity index (χ3v) is 7.73. The van der Waals surface area contributed by atoms with Crippen molar-refractivity contribution >= 4 is 48.5 Å². The molecule has 2 heteroatoms. The van der Waals surface area contributed by atoms with Crippen LogP contribution < -0.4 is 0 Å². The van der Waals surface area contributed by atoms with Gasteiger partial charge in [0.1, 0.15) is 0 Å². The molecule has 1 aromatic heterocycles. The summed E-state index contributed by atoms with van der Waals surface area (Å²) in [5.74, 6) is 0. The first-order valence-corrected chi connectivity index (χ1v) is 12.9. The van der Waals surface area contributed by atoms with Gasteiger partial charge in [-0.1, -0.05) is 113 Å². The lowest BCUT2D eigenvalue weighted by Gasteiger charge is -2.11. The molecule has 170 valence electrons. The van der Waals surface area contributed by atoms with Gasteiger partial charge in [0.05, 0.1) is 11.0 Å². The lowest BCUT2D eigenvalue weighted by atomic mass is 9.97. The van der Waals surface area contributed by atoms with Gasteiger partial charge in [-0.3, -0.25) is 0 Å². The van der Waals surface area contributed by atoms with Crippen molar-refractivity contribution in [3.8, 4) is 27.9 Å². The lowest BCUT2D eigenvalue weighted by Crippen LogP contribution is -1.93. The van der Waals surface area contributed by atoms with Crippen molar-refractivity contribution in [1.82, 2.24) is 4.57 Å². The van der Waals surface area contributed by atoms with Gasteiger partial charge < -0.3 is 4.57 Å². The summed E-state index contributed by atoms with van der Waals surface area (Å²) in [6, 6.07) is 47.9. The minimum absolute atomic E-state index is 1.12. The summed E-state index contributed by atoms with van der Waals surface area (Å²) in [5, 5.41) is 5.02. The molecule has 0 bridgehead atoms. The molecule has 0 fully saturated rings. The van der Waals surface area contributed by atoms with Gasteiger partial charge in [0, 0.05) is 26.3 Å². The van der Waals surface area contributed by atoms with Gasteiger partial charge in [0.2, 0.25) is 0 Å². The quantitative estimate of drug-likeness (QED) is 0.217. The van der Waals surface area contributed by atoms with Crippen LogP contribution in [-0.4, -0.2) is 4.57 Å². The fourth-order valence-corrected chi connectivity index (χ4v) is 5.98. The molecule has 0 amide bonds. The largest absolute Gasteiger partial charge is 0.309 e. The molecular formula is C34H22BrN. The van der Waals surface area contributed by atoms with E-state index >= 15 is 0 Å². The first-order valence-electron chi connectivity index (χ1n) is 12.1. The lowest BCUT2D eigenvalue weighted by molar-refractivity contribution is 1.18. The molecule has 0 saturated heterocycles. The Balaban J connectivity index is 1.43. The Kier molecular flexibility index (Phi) is 5.00. The van der Waals surface area contributed by atoms with E-state index in [1.54, 1.807) is 0 Å². The molecule has 36 heavy (non-hydrogen) atoms. The van der Waals surface area contributed by atoms with Crippen LogP contribution in [0.1, 0.15) is 0 Å². The molecule has 0 aliphatic carbocycles. The van der Waals surface area contributed by atoms with Crippen LogP contribution >= 0.6 is 15.9 Å². The molecule has 0 aliphatic heterocycles. The molecule has 6 aromatic carbocycles. The number of aromatic nitrogens is 1. The number of benzene rings is 6. The Labute approximate surface area is 218 Å². The van der Waals surface area contributed by atoms with Gasteiger partial charge in [-0.15, -0.1) is 0 Å². The van der Waals surface area contributed by atoms with Gasteiger partial charge in [0.25, 0.3) is 0 Å². The zero-order valence-corrected chi connectivity index (χ0v) is 21.1. The van der Waals surface area contributed by atoms with Gasteiger partial charge in [0.15, 0.2) is 0 Å². The van der Waals surface area contributed by atoms with E-state index in [-0.39, 0.29) is 0 Å². The maximum Gasteiger partial charge on any atom is 0.0541 e. The van der Waals surface area contributed by atoms with Gasteiger partial charge in [-0.05, 0) is 64.0 Å². The average molecular weight is 524 g/mol. The summed E-state index contributed by atoms with van der Waals surface area (Å²) < 4.78 is 3.50. The Morgan fingerprint density at radius 1 is 0.472 bits per heavy atom. The molecule has 0 radical (unpaired) electrons. The van der Waals surface area contributed by atoms with Crippen LogP contribution in [0.25, 0.3) is 60.5 Å². The molecule has 1 heterocycles. The standard InChI is InChI=1S/C34H22BrN/c35-31-14-7-11-25-10-6-13-28(34(25)31)26-18-21-33-30(22-26)29-12-4-5-15-32(29)36(33)27-19-16-24(17-20-27)23-8-2-1-3-9-23/h1-22H. The Morgan fingerprint density at radius 3 is 1.97 bits per heavy atom. The summed E-state index contributed by atoms with van der Waals surface area (Å²) >= 11 is 3.79. The van der Waals surface area contributed by atoms with E-state index in [4.69, 9.17) is 0 Å². The maximum absolute atomic E-state index is 3.79. The van der Waals surface area contributed by atoms with Gasteiger partial charge in [-0.2, -0.15) is 0 Å². The zero-order chi connectivity index (χ0) is 24.1. The molecule has 0 spiro atoms. The van der Waals surface area contributed by atoms with E-state index in [1.807, 2.05) is 0 Å². The SMILES string of the molecule is Brc1cccc2cccc(-c3ccc4c(c3)c3ccccc3n4-c3ccc(-c4ccccc4)cc3)c12. The molecule has 1 nitrogen and oxygen atoms in total. The van der Waals surface area contributed by atoms with E-state index < -0.39 is 0 Å². The monoisotopic (exact) mass is 523 g/mol. The summed E-state index contributed by atoms with van der Waals surface area (Å²) in [6.07, 6.45) is 0. The number of nitrogens with zero attached hydrogens (tertiary/aromatic N) is 1. The second-order valence-corrected chi connectivity index (χ2v) is 10.00. The molecule has 7 aromatic rings. The van der Waals surface area contributed by atoms with Gasteiger partial charge >= 0.3 is 0 Å². The van der Waals surface area contributed by atoms with E-state index in [1.165, 1.54) is 60.5 Å². The van der Waals surface area contributed by atoms with E-state index in [0.29, 0.717) is 0 Å². The molecule has 0 saturated carbocycles. The normalized spacial score (nSPS) is 11.5. The van der Waals surface area contributed by atoms with E-state index in [9.17, 15) is 0 Å². The summed E-state index contributed by atoms with van der Waals surface area (Å²) in [5.41, 5.74) is 8.53. The first kappa shape index (κ1) is 21.2. The molecule has 0 aliphatic rings.